The van der Waals surface area contributed by atoms with E-state index in [1.54, 1.807) is 25.3 Å². The van der Waals surface area contributed by atoms with E-state index in [-0.39, 0.29) is 41.8 Å². The fourth-order valence-electron chi connectivity index (χ4n) is 3.42. The summed E-state index contributed by atoms with van der Waals surface area (Å²) in [6.45, 7) is 0.352. The Labute approximate surface area is 171 Å². The summed E-state index contributed by atoms with van der Waals surface area (Å²) in [5, 5.41) is 0. The topological polar surface area (TPSA) is 90.6 Å². The summed E-state index contributed by atoms with van der Waals surface area (Å²) in [4.78, 5) is 22.6. The molecule has 3 aromatic rings. The second-order valence-electron chi connectivity index (χ2n) is 6.69. The van der Waals surface area contributed by atoms with Gasteiger partial charge in [-0.2, -0.15) is 0 Å². The first-order chi connectivity index (χ1) is 14.4. The number of amides is 1. The zero-order chi connectivity index (χ0) is 21.4. The average molecular weight is 412 g/mol. The molecule has 1 aromatic heterocycles. The molecular weight excluding hydrogens is 394 g/mol. The minimum Gasteiger partial charge on any atom is -0.497 e. The third-order valence-corrected chi connectivity index (χ3v) is 4.90. The minimum absolute atomic E-state index is 0.119. The van der Waals surface area contributed by atoms with Crippen molar-refractivity contribution in [1.82, 2.24) is 14.9 Å². The van der Waals surface area contributed by atoms with Crippen LogP contribution >= 0.6 is 0 Å². The fourth-order valence-corrected chi connectivity index (χ4v) is 3.42. The number of nitrogens with two attached hydrogens (primary N) is 1. The molecule has 0 atom stereocenters. The van der Waals surface area contributed by atoms with Gasteiger partial charge in [-0.25, -0.2) is 18.7 Å². The van der Waals surface area contributed by atoms with E-state index in [2.05, 4.69) is 9.97 Å². The number of benzene rings is 2. The van der Waals surface area contributed by atoms with Gasteiger partial charge in [0.15, 0.2) is 5.82 Å². The molecule has 2 N–H and O–H groups in total. The Balaban J connectivity index is 1.68. The van der Waals surface area contributed by atoms with E-state index in [0.29, 0.717) is 17.2 Å². The largest absolute Gasteiger partial charge is 0.497 e. The van der Waals surface area contributed by atoms with Crippen LogP contribution < -0.4 is 15.2 Å². The molecule has 2 heterocycles. The third-order valence-electron chi connectivity index (χ3n) is 4.90. The molecule has 0 saturated heterocycles. The Bertz CT molecular complexity index is 1130. The molecule has 2 aromatic carbocycles. The zero-order valence-corrected chi connectivity index (χ0v) is 16.3. The van der Waals surface area contributed by atoms with Crippen LogP contribution in [0.15, 0.2) is 36.4 Å². The highest BCUT2D eigenvalue weighted by Crippen LogP contribution is 2.33. The van der Waals surface area contributed by atoms with Crippen molar-refractivity contribution >= 4 is 11.7 Å². The van der Waals surface area contributed by atoms with Gasteiger partial charge in [-0.1, -0.05) is 6.07 Å². The van der Waals surface area contributed by atoms with Crippen molar-refractivity contribution in [2.75, 3.05) is 20.0 Å². The second-order valence-corrected chi connectivity index (χ2v) is 6.69. The molecule has 0 radical (unpaired) electrons. The summed E-state index contributed by atoms with van der Waals surface area (Å²) in [7, 11) is 3.07. The fraction of sp³-hybridized carbons (Fsp3) is 0.190. The average Bonchev–Trinajstić information content (AvgIpc) is 3.04. The van der Waals surface area contributed by atoms with Crippen molar-refractivity contribution in [3.8, 4) is 22.9 Å². The van der Waals surface area contributed by atoms with E-state index in [1.165, 1.54) is 18.1 Å². The molecule has 30 heavy (non-hydrogen) atoms. The van der Waals surface area contributed by atoms with Gasteiger partial charge in [0, 0.05) is 11.6 Å². The van der Waals surface area contributed by atoms with Crippen molar-refractivity contribution < 1.29 is 23.0 Å². The summed E-state index contributed by atoms with van der Waals surface area (Å²) < 4.78 is 38.9. The van der Waals surface area contributed by atoms with Crippen LogP contribution in [0.25, 0.3) is 11.4 Å². The smallest absolute Gasteiger partial charge is 0.260 e. The molecule has 0 unspecified atom stereocenters. The van der Waals surface area contributed by atoms with Crippen LogP contribution in [-0.4, -0.2) is 35.0 Å². The van der Waals surface area contributed by atoms with E-state index in [1.807, 2.05) is 0 Å². The standard InChI is InChI=1S/C21H18F2N4O3/c1-29-12-7-6-11(16(8-12)30-2)9-27-10-15-18(21(27)28)19(24)26-20(25-15)17-13(22)4-3-5-14(17)23/h3-8H,9-10H2,1-2H3,(H2,24,25,26). The van der Waals surface area contributed by atoms with E-state index < -0.39 is 11.6 Å². The Morgan fingerprint density at radius 3 is 2.47 bits per heavy atom. The van der Waals surface area contributed by atoms with Crippen molar-refractivity contribution in [3.63, 3.8) is 0 Å². The lowest BCUT2D eigenvalue weighted by molar-refractivity contribution is 0.0766. The molecule has 154 valence electrons. The molecule has 0 aliphatic carbocycles. The summed E-state index contributed by atoms with van der Waals surface area (Å²) in [6, 6.07) is 8.74. The molecule has 0 fully saturated rings. The van der Waals surface area contributed by atoms with Gasteiger partial charge in [-0.15, -0.1) is 0 Å². The number of nitrogen functional groups attached to an aromatic ring is 1. The molecule has 1 aliphatic heterocycles. The van der Waals surface area contributed by atoms with Crippen LogP contribution in [0.4, 0.5) is 14.6 Å². The molecule has 0 bridgehead atoms. The highest BCUT2D eigenvalue weighted by molar-refractivity contribution is 6.02. The second kappa shape index (κ2) is 7.58. The lowest BCUT2D eigenvalue weighted by atomic mass is 10.1. The molecule has 0 saturated carbocycles. The van der Waals surface area contributed by atoms with Crippen LogP contribution in [0.3, 0.4) is 0 Å². The van der Waals surface area contributed by atoms with Crippen LogP contribution in [0, 0.1) is 11.6 Å². The number of aromatic nitrogens is 2. The van der Waals surface area contributed by atoms with E-state index in [0.717, 1.165) is 17.7 Å². The Morgan fingerprint density at radius 1 is 1.07 bits per heavy atom. The van der Waals surface area contributed by atoms with Crippen LogP contribution in [0.1, 0.15) is 21.6 Å². The number of rotatable bonds is 5. The lowest BCUT2D eigenvalue weighted by Gasteiger charge is -2.18. The van der Waals surface area contributed by atoms with Crippen LogP contribution in [0.2, 0.25) is 0 Å². The molecular formula is C21H18F2N4O3. The van der Waals surface area contributed by atoms with Crippen molar-refractivity contribution in [2.24, 2.45) is 0 Å². The summed E-state index contributed by atoms with van der Waals surface area (Å²) in [5.41, 5.74) is 6.80. The number of nitrogens with zero attached hydrogens (tertiary/aromatic N) is 3. The zero-order valence-electron chi connectivity index (χ0n) is 16.3. The Morgan fingerprint density at radius 2 is 1.80 bits per heavy atom. The molecule has 0 spiro atoms. The molecule has 7 nitrogen and oxygen atoms in total. The number of carbonyl (C=O) groups is 1. The molecule has 1 aliphatic rings. The van der Waals surface area contributed by atoms with Gasteiger partial charge in [0.2, 0.25) is 0 Å². The predicted octanol–water partition coefficient (Wildman–Crippen LogP) is 3.18. The van der Waals surface area contributed by atoms with Gasteiger partial charge < -0.3 is 20.1 Å². The Kier molecular flexibility index (Phi) is 4.94. The maximum Gasteiger partial charge on any atom is 0.260 e. The first-order valence-electron chi connectivity index (χ1n) is 9.04. The van der Waals surface area contributed by atoms with Gasteiger partial charge >= 0.3 is 0 Å². The van der Waals surface area contributed by atoms with Crippen LogP contribution in [-0.2, 0) is 13.1 Å². The highest BCUT2D eigenvalue weighted by Gasteiger charge is 2.33. The first-order valence-corrected chi connectivity index (χ1v) is 9.04. The number of ether oxygens (including phenoxy) is 2. The number of fused-ring (bicyclic) bond motifs is 1. The summed E-state index contributed by atoms with van der Waals surface area (Å²) in [6.07, 6.45) is 0. The maximum absolute atomic E-state index is 14.1. The number of methoxy groups -OCH3 is 2. The normalized spacial score (nSPS) is 12.8. The quantitative estimate of drug-likeness (QED) is 0.692. The molecule has 9 heteroatoms. The molecule has 4 rings (SSSR count). The summed E-state index contributed by atoms with van der Waals surface area (Å²) in [5.74, 6) is -1.10. The number of hydrogen-bond donors (Lipinski definition) is 1. The van der Waals surface area contributed by atoms with Crippen molar-refractivity contribution in [3.05, 3.63) is 64.9 Å². The van der Waals surface area contributed by atoms with Gasteiger partial charge in [0.1, 0.15) is 34.5 Å². The highest BCUT2D eigenvalue weighted by atomic mass is 19.1. The SMILES string of the molecule is COc1ccc(CN2Cc3nc(-c4c(F)cccc4F)nc(N)c3C2=O)c(OC)c1. The van der Waals surface area contributed by atoms with E-state index in [9.17, 15) is 13.6 Å². The first kappa shape index (κ1) is 19.6. The van der Waals surface area contributed by atoms with Crippen LogP contribution in [0.5, 0.6) is 11.5 Å². The van der Waals surface area contributed by atoms with Crippen molar-refractivity contribution in [1.29, 1.82) is 0 Å². The Hall–Kier alpha value is -3.75. The van der Waals surface area contributed by atoms with E-state index >= 15 is 0 Å². The molecule has 1 amide bonds. The van der Waals surface area contributed by atoms with Gasteiger partial charge in [0.25, 0.3) is 5.91 Å². The van der Waals surface area contributed by atoms with Gasteiger partial charge in [-0.3, -0.25) is 4.79 Å². The number of carbonyl (C=O) groups excluding carboxylic acids is 1. The van der Waals surface area contributed by atoms with E-state index in [4.69, 9.17) is 15.2 Å². The maximum atomic E-state index is 14.1. The third kappa shape index (κ3) is 3.28. The predicted molar refractivity (Wildman–Crippen MR) is 105 cm³/mol. The number of halogens is 2. The van der Waals surface area contributed by atoms with Gasteiger partial charge in [-0.05, 0) is 24.3 Å². The lowest BCUT2D eigenvalue weighted by Crippen LogP contribution is -2.24. The summed E-state index contributed by atoms with van der Waals surface area (Å²) >= 11 is 0. The van der Waals surface area contributed by atoms with Crippen molar-refractivity contribution in [2.45, 2.75) is 13.1 Å². The van der Waals surface area contributed by atoms with Gasteiger partial charge in [0.05, 0.1) is 38.6 Å². The number of hydrogen-bond acceptors (Lipinski definition) is 6. The monoisotopic (exact) mass is 412 g/mol. The minimum atomic E-state index is -0.807. The number of anilines is 1.